The molecule has 0 saturated carbocycles. The molecule has 3 aromatic carbocycles. The maximum atomic E-state index is 11.2. The molecule has 0 aliphatic heterocycles. The highest BCUT2D eigenvalue weighted by molar-refractivity contribution is 14.1. The summed E-state index contributed by atoms with van der Waals surface area (Å²) in [7, 11) is 0. The van der Waals surface area contributed by atoms with Gasteiger partial charge >= 0.3 is 0 Å². The van der Waals surface area contributed by atoms with Crippen LogP contribution in [0.1, 0.15) is 55.9 Å². The number of benzene rings is 3. The van der Waals surface area contributed by atoms with E-state index in [9.17, 15) is 9.59 Å². The van der Waals surface area contributed by atoms with Gasteiger partial charge in [-0.05, 0) is 102 Å². The molecule has 6 heteroatoms. The van der Waals surface area contributed by atoms with Gasteiger partial charge in [0, 0.05) is 40.6 Å². The highest BCUT2D eigenvalue weighted by Crippen LogP contribution is 2.12. The summed E-state index contributed by atoms with van der Waals surface area (Å²) in [5.41, 5.74) is 4.40. The normalized spacial score (nSPS) is 9.79. The van der Waals surface area contributed by atoms with E-state index in [0.717, 1.165) is 36.3 Å². The summed E-state index contributed by atoms with van der Waals surface area (Å²) >= 11 is 2.28. The number of hydrogen-bond acceptors (Lipinski definition) is 3. The van der Waals surface area contributed by atoms with Crippen molar-refractivity contribution in [3.05, 3.63) is 98.6 Å². The largest absolute Gasteiger partial charge is 0.494 e. The average Bonchev–Trinajstić information content (AvgIpc) is 2.94. The van der Waals surface area contributed by atoms with Crippen LogP contribution in [0.15, 0.2) is 72.8 Å². The summed E-state index contributed by atoms with van der Waals surface area (Å²) in [6.45, 7) is 7.75. The molecule has 38 heavy (non-hydrogen) atoms. The Labute approximate surface area is 240 Å². The molecule has 3 rings (SSSR count). The Morgan fingerprint density at radius 3 is 1.53 bits per heavy atom. The molecule has 0 saturated heterocycles. The van der Waals surface area contributed by atoms with E-state index in [-0.39, 0.29) is 11.8 Å². The van der Waals surface area contributed by atoms with E-state index in [2.05, 4.69) is 81.5 Å². The first kappa shape index (κ1) is 30.9. The van der Waals surface area contributed by atoms with E-state index in [1.165, 1.54) is 14.7 Å². The maximum Gasteiger partial charge on any atom is 0.219 e. The summed E-state index contributed by atoms with van der Waals surface area (Å²) in [4.78, 5) is 22.1. The quantitative estimate of drug-likeness (QED) is 0.218. The standard InChI is InChI=1S/C21H23NO2.C11H14INO/c1-3-21(23)22-16-15-19-9-7-17(8-10-19)5-6-18-11-13-20(14-12-18)24-4-2;1-2-11(14)13-8-7-9-3-5-10(12)6-4-9/h7-14H,3-4,15-16H2,1-2H3,(H,22,23);3-6H,2,7-8H2,1H3,(H,13,14). The van der Waals surface area contributed by atoms with Crippen molar-refractivity contribution in [2.75, 3.05) is 19.7 Å². The first-order valence-electron chi connectivity index (χ1n) is 13.0. The first-order chi connectivity index (χ1) is 18.4. The molecule has 2 amide bonds. The Morgan fingerprint density at radius 1 is 0.684 bits per heavy atom. The third kappa shape index (κ3) is 12.8. The van der Waals surface area contributed by atoms with Crippen LogP contribution < -0.4 is 15.4 Å². The zero-order chi connectivity index (χ0) is 27.6. The molecular formula is C32H37IN2O3. The summed E-state index contributed by atoms with van der Waals surface area (Å²) in [5.74, 6) is 7.39. The van der Waals surface area contributed by atoms with Crippen LogP contribution in [0.5, 0.6) is 5.75 Å². The SMILES string of the molecule is CCC(=O)NCCc1ccc(I)cc1.CCOc1ccc(C#Cc2ccc(CCNC(=O)CC)cc2)cc1. The number of nitrogens with one attached hydrogen (secondary N) is 2. The fourth-order valence-electron chi connectivity index (χ4n) is 3.29. The molecule has 200 valence electrons. The van der Waals surface area contributed by atoms with Gasteiger partial charge in [0.25, 0.3) is 0 Å². The lowest BCUT2D eigenvalue weighted by molar-refractivity contribution is -0.121. The number of carbonyl (C=O) groups excluding carboxylic acids is 2. The number of hydrogen-bond donors (Lipinski definition) is 2. The first-order valence-corrected chi connectivity index (χ1v) is 14.1. The van der Waals surface area contributed by atoms with E-state index < -0.39 is 0 Å². The minimum atomic E-state index is 0.0906. The molecule has 0 fully saturated rings. The molecule has 0 radical (unpaired) electrons. The van der Waals surface area contributed by atoms with Crippen LogP contribution in [0.2, 0.25) is 0 Å². The molecule has 0 aliphatic carbocycles. The van der Waals surface area contributed by atoms with Crippen LogP contribution in [0.4, 0.5) is 0 Å². The van der Waals surface area contributed by atoms with Gasteiger partial charge < -0.3 is 15.4 Å². The monoisotopic (exact) mass is 624 g/mol. The number of halogens is 1. The zero-order valence-electron chi connectivity index (χ0n) is 22.5. The summed E-state index contributed by atoms with van der Waals surface area (Å²) in [6, 6.07) is 24.3. The van der Waals surface area contributed by atoms with E-state index in [0.29, 0.717) is 26.0 Å². The molecule has 0 spiro atoms. The molecule has 0 aliphatic rings. The lowest BCUT2D eigenvalue weighted by atomic mass is 10.1. The van der Waals surface area contributed by atoms with Gasteiger partial charge in [-0.15, -0.1) is 0 Å². The Balaban J connectivity index is 0.000000308. The number of rotatable bonds is 10. The van der Waals surface area contributed by atoms with E-state index in [1.807, 2.05) is 57.2 Å². The topological polar surface area (TPSA) is 67.4 Å². The molecule has 2 N–H and O–H groups in total. The highest BCUT2D eigenvalue weighted by atomic mass is 127. The molecule has 5 nitrogen and oxygen atoms in total. The fraction of sp³-hybridized carbons (Fsp3) is 0.312. The van der Waals surface area contributed by atoms with Crippen LogP contribution in [0.25, 0.3) is 0 Å². The molecule has 3 aromatic rings. The zero-order valence-corrected chi connectivity index (χ0v) is 24.6. The van der Waals surface area contributed by atoms with Crippen molar-refractivity contribution in [3.63, 3.8) is 0 Å². The van der Waals surface area contributed by atoms with Gasteiger partial charge in [0.05, 0.1) is 6.61 Å². The molecule has 0 atom stereocenters. The van der Waals surface area contributed by atoms with Crippen molar-refractivity contribution in [2.24, 2.45) is 0 Å². The Kier molecular flexibility index (Phi) is 14.7. The van der Waals surface area contributed by atoms with Crippen LogP contribution in [0.3, 0.4) is 0 Å². The molecule has 0 unspecified atom stereocenters. The molecule has 0 bridgehead atoms. The highest BCUT2D eigenvalue weighted by Gasteiger charge is 1.98. The second kappa shape index (κ2) is 18.0. The number of amides is 2. The van der Waals surface area contributed by atoms with Crippen LogP contribution in [0, 0.1) is 15.4 Å². The maximum absolute atomic E-state index is 11.2. The Morgan fingerprint density at radius 2 is 1.11 bits per heavy atom. The van der Waals surface area contributed by atoms with Gasteiger partial charge in [0.1, 0.15) is 5.75 Å². The van der Waals surface area contributed by atoms with Crippen molar-refractivity contribution in [3.8, 4) is 17.6 Å². The second-order valence-corrected chi connectivity index (χ2v) is 9.68. The Hall–Kier alpha value is -3.31. The van der Waals surface area contributed by atoms with Crippen molar-refractivity contribution in [1.82, 2.24) is 10.6 Å². The van der Waals surface area contributed by atoms with Crippen molar-refractivity contribution >= 4 is 34.4 Å². The minimum Gasteiger partial charge on any atom is -0.494 e. The number of ether oxygens (including phenoxy) is 1. The van der Waals surface area contributed by atoms with Crippen molar-refractivity contribution < 1.29 is 14.3 Å². The fourth-order valence-corrected chi connectivity index (χ4v) is 3.65. The van der Waals surface area contributed by atoms with Crippen LogP contribution >= 0.6 is 22.6 Å². The van der Waals surface area contributed by atoms with Crippen LogP contribution in [-0.4, -0.2) is 31.5 Å². The lowest BCUT2D eigenvalue weighted by Crippen LogP contribution is -2.24. The third-order valence-electron chi connectivity index (χ3n) is 5.50. The summed E-state index contributed by atoms with van der Waals surface area (Å²) < 4.78 is 6.66. The Bertz CT molecular complexity index is 1180. The average molecular weight is 625 g/mol. The number of carbonyl (C=O) groups is 2. The van der Waals surface area contributed by atoms with Gasteiger partial charge in [0.2, 0.25) is 11.8 Å². The lowest BCUT2D eigenvalue weighted by Gasteiger charge is -2.03. The van der Waals surface area contributed by atoms with Gasteiger partial charge in [0.15, 0.2) is 0 Å². The summed E-state index contributed by atoms with van der Waals surface area (Å²) in [6.07, 6.45) is 2.83. The minimum absolute atomic E-state index is 0.0906. The predicted molar refractivity (Wildman–Crippen MR) is 163 cm³/mol. The second-order valence-electron chi connectivity index (χ2n) is 8.44. The van der Waals surface area contributed by atoms with E-state index in [1.54, 1.807) is 0 Å². The van der Waals surface area contributed by atoms with Crippen molar-refractivity contribution in [1.29, 1.82) is 0 Å². The van der Waals surface area contributed by atoms with Gasteiger partial charge in [-0.3, -0.25) is 9.59 Å². The van der Waals surface area contributed by atoms with E-state index in [4.69, 9.17) is 4.74 Å². The van der Waals surface area contributed by atoms with Gasteiger partial charge in [-0.1, -0.05) is 50.0 Å². The molecular weight excluding hydrogens is 587 g/mol. The van der Waals surface area contributed by atoms with E-state index >= 15 is 0 Å². The molecule has 0 aromatic heterocycles. The predicted octanol–water partition coefficient (Wildman–Crippen LogP) is 5.91. The molecule has 0 heterocycles. The smallest absolute Gasteiger partial charge is 0.219 e. The third-order valence-corrected chi connectivity index (χ3v) is 6.22. The summed E-state index contributed by atoms with van der Waals surface area (Å²) in [5, 5.41) is 5.73. The van der Waals surface area contributed by atoms with Gasteiger partial charge in [-0.25, -0.2) is 0 Å². The van der Waals surface area contributed by atoms with Gasteiger partial charge in [-0.2, -0.15) is 0 Å². The van der Waals surface area contributed by atoms with Crippen molar-refractivity contribution in [2.45, 2.75) is 46.5 Å². The van der Waals surface area contributed by atoms with Crippen LogP contribution in [-0.2, 0) is 22.4 Å².